The lowest BCUT2D eigenvalue weighted by molar-refractivity contribution is -0.232. The Morgan fingerprint density at radius 3 is 2.33 bits per heavy atom. The summed E-state index contributed by atoms with van der Waals surface area (Å²) in [5.41, 5.74) is 3.10. The lowest BCUT2D eigenvalue weighted by atomic mass is 9.74. The molecule has 1 aliphatic rings. The fourth-order valence-corrected chi connectivity index (χ4v) is 1.34. The highest BCUT2D eigenvalue weighted by molar-refractivity contribution is 5.04. The Bertz CT molecular complexity index is 163. The molecule has 1 saturated carbocycles. The van der Waals surface area contributed by atoms with Gasteiger partial charge in [0.15, 0.2) is 0 Å². The fourth-order valence-electron chi connectivity index (χ4n) is 1.34. The highest BCUT2D eigenvalue weighted by atomic mass is 19.4. The molecule has 0 atom stereocenters. The van der Waals surface area contributed by atoms with Crippen molar-refractivity contribution in [2.24, 2.45) is 5.73 Å². The summed E-state index contributed by atoms with van der Waals surface area (Å²) in [6.45, 7) is 2.20. The number of hydrogen-bond acceptors (Lipinski definition) is 2. The Morgan fingerprint density at radius 1 is 1.50 bits per heavy atom. The molecule has 5 heteroatoms. The molecule has 0 unspecified atom stereocenters. The summed E-state index contributed by atoms with van der Waals surface area (Å²) in [6, 6.07) is 0. The minimum Gasteiger partial charge on any atom is -0.378 e. The molecule has 1 aliphatic carbocycles. The van der Waals surface area contributed by atoms with Gasteiger partial charge in [-0.3, -0.25) is 0 Å². The van der Waals surface area contributed by atoms with Gasteiger partial charge in [-0.2, -0.15) is 13.2 Å². The van der Waals surface area contributed by atoms with Gasteiger partial charge in [0.1, 0.15) is 5.54 Å². The van der Waals surface area contributed by atoms with Crippen molar-refractivity contribution in [3.63, 3.8) is 0 Å². The molecule has 0 aromatic heterocycles. The molecule has 0 aromatic rings. The van der Waals surface area contributed by atoms with Gasteiger partial charge in [0.25, 0.3) is 0 Å². The van der Waals surface area contributed by atoms with Crippen molar-refractivity contribution in [1.82, 2.24) is 0 Å². The zero-order valence-corrected chi connectivity index (χ0v) is 6.82. The van der Waals surface area contributed by atoms with E-state index >= 15 is 0 Å². The van der Waals surface area contributed by atoms with Crippen LogP contribution in [0.2, 0.25) is 0 Å². The van der Waals surface area contributed by atoms with Crippen LogP contribution in [-0.4, -0.2) is 24.4 Å². The van der Waals surface area contributed by atoms with E-state index in [0.717, 1.165) is 0 Å². The Kier molecular flexibility index (Phi) is 2.35. The second-order valence-electron chi connectivity index (χ2n) is 3.14. The first kappa shape index (κ1) is 9.80. The predicted molar refractivity (Wildman–Crippen MR) is 37.6 cm³/mol. The van der Waals surface area contributed by atoms with Crippen LogP contribution in [0, 0.1) is 0 Å². The lowest BCUT2D eigenvalue weighted by Crippen LogP contribution is -2.64. The van der Waals surface area contributed by atoms with Crippen molar-refractivity contribution in [3.05, 3.63) is 0 Å². The van der Waals surface area contributed by atoms with Gasteiger partial charge in [-0.15, -0.1) is 0 Å². The molecule has 1 fully saturated rings. The van der Waals surface area contributed by atoms with E-state index in [1.807, 2.05) is 0 Å². The van der Waals surface area contributed by atoms with Gasteiger partial charge in [-0.25, -0.2) is 0 Å². The van der Waals surface area contributed by atoms with Crippen molar-refractivity contribution >= 4 is 0 Å². The third kappa shape index (κ3) is 1.56. The third-order valence-corrected chi connectivity index (χ3v) is 2.15. The Morgan fingerprint density at radius 2 is 2.00 bits per heavy atom. The summed E-state index contributed by atoms with van der Waals surface area (Å²) >= 11 is 0. The van der Waals surface area contributed by atoms with Gasteiger partial charge in [0, 0.05) is 19.4 Å². The van der Waals surface area contributed by atoms with Crippen LogP contribution in [0.3, 0.4) is 0 Å². The molecule has 2 nitrogen and oxygen atoms in total. The second kappa shape index (κ2) is 2.88. The van der Waals surface area contributed by atoms with Crippen molar-refractivity contribution in [3.8, 4) is 0 Å². The summed E-state index contributed by atoms with van der Waals surface area (Å²) < 4.78 is 41.3. The molecule has 0 radical (unpaired) electrons. The first-order valence-corrected chi connectivity index (χ1v) is 3.86. The number of ether oxygens (including phenoxy) is 1. The van der Waals surface area contributed by atoms with Gasteiger partial charge >= 0.3 is 6.18 Å². The van der Waals surface area contributed by atoms with E-state index in [1.165, 1.54) is 0 Å². The number of rotatable bonds is 2. The summed E-state index contributed by atoms with van der Waals surface area (Å²) in [5.74, 6) is 0. The standard InChI is InChI=1S/C7H12F3NO/c1-2-12-5-3-6(11,4-5)7(8,9)10/h5H,2-4,11H2,1H3. The SMILES string of the molecule is CCOC1CC(N)(C(F)(F)F)C1. The van der Waals surface area contributed by atoms with E-state index < -0.39 is 11.7 Å². The van der Waals surface area contributed by atoms with E-state index in [9.17, 15) is 13.2 Å². The Hall–Kier alpha value is -0.290. The van der Waals surface area contributed by atoms with E-state index in [2.05, 4.69) is 0 Å². The van der Waals surface area contributed by atoms with Crippen LogP contribution in [-0.2, 0) is 4.74 Å². The molecule has 12 heavy (non-hydrogen) atoms. The molecule has 0 heterocycles. The zero-order valence-electron chi connectivity index (χ0n) is 6.82. The Labute approximate surface area is 68.9 Å². The molecule has 0 bridgehead atoms. The maximum atomic E-state index is 12.1. The molecule has 0 saturated heterocycles. The van der Waals surface area contributed by atoms with Crippen molar-refractivity contribution < 1.29 is 17.9 Å². The highest BCUT2D eigenvalue weighted by Gasteiger charge is 2.59. The first-order chi connectivity index (χ1) is 5.39. The predicted octanol–water partition coefficient (Wildman–Crippen LogP) is 1.45. The average Bonchev–Trinajstić information content (AvgIpc) is 1.82. The topological polar surface area (TPSA) is 35.2 Å². The third-order valence-electron chi connectivity index (χ3n) is 2.15. The minimum atomic E-state index is -4.29. The first-order valence-electron chi connectivity index (χ1n) is 3.86. The normalized spacial score (nSPS) is 36.2. The maximum absolute atomic E-state index is 12.1. The van der Waals surface area contributed by atoms with Crippen LogP contribution in [0.4, 0.5) is 13.2 Å². The lowest BCUT2D eigenvalue weighted by Gasteiger charge is -2.45. The van der Waals surface area contributed by atoms with Gasteiger partial charge in [-0.05, 0) is 6.92 Å². The largest absolute Gasteiger partial charge is 0.406 e. The van der Waals surface area contributed by atoms with Crippen LogP contribution in [0.1, 0.15) is 19.8 Å². The second-order valence-corrected chi connectivity index (χ2v) is 3.14. The number of nitrogens with two attached hydrogens (primary N) is 1. The molecule has 0 aliphatic heterocycles. The van der Waals surface area contributed by atoms with E-state index in [4.69, 9.17) is 10.5 Å². The van der Waals surface area contributed by atoms with Crippen LogP contribution in [0.25, 0.3) is 0 Å². The van der Waals surface area contributed by atoms with Gasteiger partial charge in [-0.1, -0.05) is 0 Å². The Balaban J connectivity index is 2.40. The van der Waals surface area contributed by atoms with Gasteiger partial charge in [0.2, 0.25) is 0 Å². The number of halogens is 3. The van der Waals surface area contributed by atoms with Gasteiger partial charge < -0.3 is 10.5 Å². The van der Waals surface area contributed by atoms with Crippen LogP contribution in [0.5, 0.6) is 0 Å². The highest BCUT2D eigenvalue weighted by Crippen LogP contribution is 2.44. The van der Waals surface area contributed by atoms with Crippen LogP contribution in [0.15, 0.2) is 0 Å². The molecule has 0 spiro atoms. The molecule has 2 N–H and O–H groups in total. The average molecular weight is 183 g/mol. The molecule has 0 aromatic carbocycles. The van der Waals surface area contributed by atoms with Crippen LogP contribution >= 0.6 is 0 Å². The molecule has 0 amide bonds. The van der Waals surface area contributed by atoms with Crippen LogP contribution < -0.4 is 5.73 Å². The summed E-state index contributed by atoms with van der Waals surface area (Å²) in [6.07, 6.45) is -4.81. The fraction of sp³-hybridized carbons (Fsp3) is 1.00. The summed E-state index contributed by atoms with van der Waals surface area (Å²) in [5, 5.41) is 0. The van der Waals surface area contributed by atoms with Gasteiger partial charge in [0.05, 0.1) is 6.10 Å². The molecular formula is C7H12F3NO. The van der Waals surface area contributed by atoms with Crippen molar-refractivity contribution in [1.29, 1.82) is 0 Å². The molecular weight excluding hydrogens is 171 g/mol. The number of alkyl halides is 3. The van der Waals surface area contributed by atoms with Crippen molar-refractivity contribution in [2.45, 2.75) is 37.6 Å². The summed E-state index contributed by atoms with van der Waals surface area (Å²) in [7, 11) is 0. The molecule has 72 valence electrons. The minimum absolute atomic E-state index is 0.107. The zero-order chi connectivity index (χ0) is 9.41. The maximum Gasteiger partial charge on any atom is 0.406 e. The van der Waals surface area contributed by atoms with E-state index in [-0.39, 0.29) is 18.9 Å². The smallest absolute Gasteiger partial charge is 0.378 e. The summed E-state index contributed by atoms with van der Waals surface area (Å²) in [4.78, 5) is 0. The molecule has 1 rings (SSSR count). The van der Waals surface area contributed by atoms with E-state index in [1.54, 1.807) is 6.92 Å². The quantitative estimate of drug-likeness (QED) is 0.703. The van der Waals surface area contributed by atoms with E-state index in [0.29, 0.717) is 6.61 Å². The number of hydrogen-bond donors (Lipinski definition) is 1. The monoisotopic (exact) mass is 183 g/mol. The van der Waals surface area contributed by atoms with Crippen molar-refractivity contribution in [2.75, 3.05) is 6.61 Å².